The van der Waals surface area contributed by atoms with Gasteiger partial charge < -0.3 is 4.57 Å². The highest BCUT2D eigenvalue weighted by Gasteiger charge is 2.16. The summed E-state index contributed by atoms with van der Waals surface area (Å²) in [5, 5.41) is 3.37. The van der Waals surface area contributed by atoms with Gasteiger partial charge in [-0.25, -0.2) is 4.98 Å². The van der Waals surface area contributed by atoms with Gasteiger partial charge in [0.15, 0.2) is 4.96 Å². The number of unbranched alkanes of at least 4 members (excludes halogenated alkanes) is 1. The summed E-state index contributed by atoms with van der Waals surface area (Å²) in [6, 6.07) is 8.58. The SMILES string of the molecule is CCCCn1c2ccccc2c2nc3sccn3c21. The largest absolute Gasteiger partial charge is 0.325 e. The number of nitrogens with zero attached hydrogens (tertiary/aromatic N) is 3. The normalized spacial score (nSPS) is 12.1. The van der Waals surface area contributed by atoms with Gasteiger partial charge in [-0.05, 0) is 12.5 Å². The lowest BCUT2D eigenvalue weighted by atomic mass is 10.2. The van der Waals surface area contributed by atoms with Gasteiger partial charge in [-0.3, -0.25) is 4.40 Å². The molecule has 4 aromatic rings. The van der Waals surface area contributed by atoms with E-state index in [0.29, 0.717) is 0 Å². The van der Waals surface area contributed by atoms with Crippen molar-refractivity contribution in [1.29, 1.82) is 0 Å². The zero-order valence-electron chi connectivity index (χ0n) is 10.8. The Morgan fingerprint density at radius 3 is 3.05 bits per heavy atom. The first kappa shape index (κ1) is 11.1. The minimum absolute atomic E-state index is 1.06. The molecule has 0 amide bonds. The van der Waals surface area contributed by atoms with Crippen molar-refractivity contribution >= 4 is 38.4 Å². The molecule has 4 heteroatoms. The first-order chi connectivity index (χ1) is 9.40. The molecule has 0 fully saturated rings. The first-order valence-corrected chi connectivity index (χ1v) is 7.60. The Morgan fingerprint density at radius 2 is 2.16 bits per heavy atom. The van der Waals surface area contributed by atoms with E-state index in [0.717, 1.165) is 17.0 Å². The molecule has 0 aliphatic heterocycles. The summed E-state index contributed by atoms with van der Waals surface area (Å²) in [6.45, 7) is 3.30. The topological polar surface area (TPSA) is 22.2 Å². The maximum absolute atomic E-state index is 4.79. The predicted molar refractivity (Wildman–Crippen MR) is 81.0 cm³/mol. The third-order valence-corrected chi connectivity index (χ3v) is 4.43. The average Bonchev–Trinajstić information content (AvgIpc) is 3.07. The van der Waals surface area contributed by atoms with E-state index in [1.807, 2.05) is 0 Å². The van der Waals surface area contributed by atoms with Crippen LogP contribution < -0.4 is 0 Å². The van der Waals surface area contributed by atoms with Crippen molar-refractivity contribution in [3.63, 3.8) is 0 Å². The van der Waals surface area contributed by atoms with Gasteiger partial charge >= 0.3 is 0 Å². The second-order valence-corrected chi connectivity index (χ2v) is 5.73. The average molecular weight is 269 g/mol. The lowest BCUT2D eigenvalue weighted by molar-refractivity contribution is 0.659. The van der Waals surface area contributed by atoms with Gasteiger partial charge in [-0.15, -0.1) is 11.3 Å². The zero-order chi connectivity index (χ0) is 12.8. The van der Waals surface area contributed by atoms with Gasteiger partial charge in [-0.1, -0.05) is 31.5 Å². The molecule has 0 atom stereocenters. The number of thiazole rings is 1. The zero-order valence-corrected chi connectivity index (χ0v) is 11.7. The van der Waals surface area contributed by atoms with E-state index in [2.05, 4.69) is 51.7 Å². The number of benzene rings is 1. The quantitative estimate of drug-likeness (QED) is 0.543. The van der Waals surface area contributed by atoms with Crippen LogP contribution in [0.5, 0.6) is 0 Å². The van der Waals surface area contributed by atoms with Crippen LogP contribution in [0.15, 0.2) is 35.8 Å². The predicted octanol–water partition coefficient (Wildman–Crippen LogP) is 4.30. The molecular weight excluding hydrogens is 254 g/mol. The van der Waals surface area contributed by atoms with Crippen LogP contribution in [0, 0.1) is 0 Å². The summed E-state index contributed by atoms with van der Waals surface area (Å²) in [4.78, 5) is 5.88. The van der Waals surface area contributed by atoms with Crippen molar-refractivity contribution in [2.75, 3.05) is 0 Å². The van der Waals surface area contributed by atoms with Gasteiger partial charge in [0.25, 0.3) is 0 Å². The van der Waals surface area contributed by atoms with Gasteiger partial charge in [-0.2, -0.15) is 0 Å². The summed E-state index contributed by atoms with van der Waals surface area (Å²) in [5.41, 5.74) is 3.68. The Labute approximate surface area is 115 Å². The number of hydrogen-bond acceptors (Lipinski definition) is 2. The van der Waals surface area contributed by atoms with Crippen molar-refractivity contribution < 1.29 is 0 Å². The summed E-state index contributed by atoms with van der Waals surface area (Å²) in [5.74, 6) is 0. The number of rotatable bonds is 3. The third-order valence-electron chi connectivity index (χ3n) is 3.68. The fraction of sp³-hybridized carbons (Fsp3) is 0.267. The van der Waals surface area contributed by atoms with Crippen molar-refractivity contribution in [2.24, 2.45) is 0 Å². The van der Waals surface area contributed by atoms with E-state index in [4.69, 9.17) is 4.98 Å². The number of fused-ring (bicyclic) bond motifs is 5. The molecule has 0 N–H and O–H groups in total. The van der Waals surface area contributed by atoms with Crippen molar-refractivity contribution in [2.45, 2.75) is 26.3 Å². The molecule has 96 valence electrons. The molecule has 0 unspecified atom stereocenters. The van der Waals surface area contributed by atoms with Gasteiger partial charge in [0.1, 0.15) is 11.2 Å². The highest BCUT2D eigenvalue weighted by molar-refractivity contribution is 7.15. The second kappa shape index (κ2) is 4.10. The van der Waals surface area contributed by atoms with Crippen molar-refractivity contribution in [1.82, 2.24) is 14.0 Å². The molecule has 0 radical (unpaired) electrons. The molecule has 3 nitrogen and oxygen atoms in total. The summed E-state index contributed by atoms with van der Waals surface area (Å²) in [6.07, 6.45) is 4.53. The van der Waals surface area contributed by atoms with Gasteiger partial charge in [0.05, 0.1) is 5.52 Å². The molecule has 3 heterocycles. The number of para-hydroxylation sites is 1. The van der Waals surface area contributed by atoms with Crippen LogP contribution in [-0.4, -0.2) is 14.0 Å². The van der Waals surface area contributed by atoms with E-state index in [1.54, 1.807) is 11.3 Å². The highest BCUT2D eigenvalue weighted by atomic mass is 32.1. The number of aryl methyl sites for hydroxylation is 1. The van der Waals surface area contributed by atoms with E-state index in [-0.39, 0.29) is 0 Å². The minimum Gasteiger partial charge on any atom is -0.325 e. The molecular formula is C15H15N3S. The van der Waals surface area contributed by atoms with Crippen molar-refractivity contribution in [3.8, 4) is 0 Å². The molecule has 3 aromatic heterocycles. The van der Waals surface area contributed by atoms with Crippen LogP contribution in [0.2, 0.25) is 0 Å². The lowest BCUT2D eigenvalue weighted by Gasteiger charge is -2.05. The van der Waals surface area contributed by atoms with E-state index < -0.39 is 0 Å². The number of imidazole rings is 1. The maximum Gasteiger partial charge on any atom is 0.195 e. The first-order valence-electron chi connectivity index (χ1n) is 6.72. The summed E-state index contributed by atoms with van der Waals surface area (Å²) in [7, 11) is 0. The fourth-order valence-corrected chi connectivity index (χ4v) is 3.49. The smallest absolute Gasteiger partial charge is 0.195 e. The molecule has 1 aromatic carbocycles. The molecule has 19 heavy (non-hydrogen) atoms. The Hall–Kier alpha value is -1.81. The van der Waals surface area contributed by atoms with Crippen molar-refractivity contribution in [3.05, 3.63) is 35.8 Å². The van der Waals surface area contributed by atoms with E-state index in [1.165, 1.54) is 29.4 Å². The van der Waals surface area contributed by atoms with Crippen LogP contribution in [0.1, 0.15) is 19.8 Å². The lowest BCUT2D eigenvalue weighted by Crippen LogP contribution is -1.99. The third kappa shape index (κ3) is 1.46. The Morgan fingerprint density at radius 1 is 1.26 bits per heavy atom. The molecule has 0 aliphatic carbocycles. The van der Waals surface area contributed by atoms with Crippen LogP contribution in [0.4, 0.5) is 0 Å². The van der Waals surface area contributed by atoms with Crippen LogP contribution in [0.3, 0.4) is 0 Å². The highest BCUT2D eigenvalue weighted by Crippen LogP contribution is 2.30. The molecule has 0 aliphatic rings. The Bertz CT molecular complexity index is 865. The van der Waals surface area contributed by atoms with E-state index >= 15 is 0 Å². The van der Waals surface area contributed by atoms with E-state index in [9.17, 15) is 0 Å². The van der Waals surface area contributed by atoms with Gasteiger partial charge in [0.2, 0.25) is 0 Å². The van der Waals surface area contributed by atoms with Gasteiger partial charge in [0, 0.05) is 23.5 Å². The van der Waals surface area contributed by atoms with Crippen LogP contribution in [0.25, 0.3) is 27.0 Å². The minimum atomic E-state index is 1.06. The fourth-order valence-electron chi connectivity index (χ4n) is 2.78. The number of hydrogen-bond donors (Lipinski definition) is 0. The molecule has 0 saturated carbocycles. The summed E-state index contributed by atoms with van der Waals surface area (Å²) >= 11 is 1.70. The second-order valence-electron chi connectivity index (χ2n) is 4.86. The van der Waals surface area contributed by atoms with Crippen LogP contribution in [-0.2, 0) is 6.54 Å². The molecule has 0 spiro atoms. The number of aromatic nitrogens is 3. The summed E-state index contributed by atoms with van der Waals surface area (Å²) < 4.78 is 4.64. The molecule has 0 bridgehead atoms. The maximum atomic E-state index is 4.79. The molecule has 4 rings (SSSR count). The Balaban J connectivity index is 2.15. The standard InChI is InChI=1S/C15H15N3S/c1-2-3-8-17-12-7-5-4-6-11(12)13-14(17)18-9-10-19-15(18)16-13/h4-7,9-10H,2-3,8H2,1H3. The molecule has 0 saturated heterocycles. The Kier molecular flexibility index (Phi) is 2.38. The van der Waals surface area contributed by atoms with Crippen LogP contribution >= 0.6 is 11.3 Å². The monoisotopic (exact) mass is 269 g/mol.